The van der Waals surface area contributed by atoms with Gasteiger partial charge in [0.1, 0.15) is 32.7 Å². The smallest absolute Gasteiger partial charge is 0.287 e. The van der Waals surface area contributed by atoms with E-state index in [1.165, 1.54) is 5.38 Å². The summed E-state index contributed by atoms with van der Waals surface area (Å²) >= 11 is 1.06. The molecule has 232 valence electrons. The molecule has 1 aromatic heterocycles. The van der Waals surface area contributed by atoms with Crippen molar-refractivity contribution in [1.29, 1.82) is 0 Å². The van der Waals surface area contributed by atoms with Crippen LogP contribution in [-0.4, -0.2) is 64.6 Å². The summed E-state index contributed by atoms with van der Waals surface area (Å²) in [7, 11) is -4.81. The molecule has 3 heterocycles. The molecule has 2 atom stereocenters. The third kappa shape index (κ3) is 4.89. The quantitative estimate of drug-likeness (QED) is 0.389. The Balaban J connectivity index is 1.44. The maximum atomic E-state index is 14.5. The number of thiophene rings is 1. The Morgan fingerprint density at radius 3 is 2.56 bits per heavy atom. The van der Waals surface area contributed by atoms with E-state index >= 15 is 0 Å². The summed E-state index contributed by atoms with van der Waals surface area (Å²) in [6, 6.07) is 5.38. The Morgan fingerprint density at radius 2 is 1.91 bits per heavy atom. The van der Waals surface area contributed by atoms with Gasteiger partial charge in [0.05, 0.1) is 32.6 Å². The van der Waals surface area contributed by atoms with E-state index in [1.54, 1.807) is 31.3 Å². The lowest BCUT2D eigenvalue weighted by atomic mass is 9.52. The fourth-order valence-electron chi connectivity index (χ4n) is 7.38. The summed E-state index contributed by atoms with van der Waals surface area (Å²) in [5, 5.41) is 16.5. The molecule has 0 spiro atoms. The largest absolute Gasteiger partial charge is 0.511 e. The summed E-state index contributed by atoms with van der Waals surface area (Å²) in [6.07, 6.45) is 4.65. The fraction of sp³-hybridized carbons (Fsp3) is 0.500. The minimum atomic E-state index is -4.34. The van der Waals surface area contributed by atoms with E-state index in [-0.39, 0.29) is 57.6 Å². The van der Waals surface area contributed by atoms with Gasteiger partial charge in [-0.3, -0.25) is 4.79 Å². The Morgan fingerprint density at radius 1 is 1.19 bits per heavy atom. The van der Waals surface area contributed by atoms with Gasteiger partial charge in [-0.1, -0.05) is 0 Å². The predicted molar refractivity (Wildman–Crippen MR) is 161 cm³/mol. The number of amidine groups is 1. The van der Waals surface area contributed by atoms with Crippen LogP contribution in [0.2, 0.25) is 0 Å². The maximum Gasteiger partial charge on any atom is 0.287 e. The average molecular weight is 651 g/mol. The molecule has 3 fully saturated rings. The lowest BCUT2D eigenvalue weighted by Gasteiger charge is -2.61. The number of fused-ring (bicyclic) bond motifs is 3. The molecule has 3 N–H and O–H groups in total. The first-order chi connectivity index (χ1) is 20.3. The van der Waals surface area contributed by atoms with Crippen molar-refractivity contribution >= 4 is 48.1 Å². The molecule has 0 unspecified atom stereocenters. The van der Waals surface area contributed by atoms with Crippen molar-refractivity contribution in [2.45, 2.75) is 56.1 Å². The van der Waals surface area contributed by atoms with Crippen LogP contribution in [0.15, 0.2) is 44.2 Å². The van der Waals surface area contributed by atoms with Crippen LogP contribution in [0.5, 0.6) is 11.5 Å². The van der Waals surface area contributed by atoms with Gasteiger partial charge in [0, 0.05) is 29.7 Å². The van der Waals surface area contributed by atoms with Gasteiger partial charge in [0.15, 0.2) is 5.84 Å². The number of rotatable bonds is 8. The molecule has 2 aromatic rings. The molecule has 15 heteroatoms. The molecule has 1 aromatic carbocycles. The second-order valence-electron chi connectivity index (χ2n) is 11.7. The number of amides is 1. The van der Waals surface area contributed by atoms with Crippen LogP contribution in [0.25, 0.3) is 0 Å². The fourth-order valence-corrected chi connectivity index (χ4v) is 10.4. The molecule has 12 nitrogen and oxygen atoms in total. The van der Waals surface area contributed by atoms with Crippen molar-refractivity contribution in [3.05, 3.63) is 46.0 Å². The van der Waals surface area contributed by atoms with Crippen LogP contribution in [0, 0.1) is 17.8 Å². The first-order valence-electron chi connectivity index (χ1n) is 13.9. The van der Waals surface area contributed by atoms with Crippen LogP contribution in [0.1, 0.15) is 43.7 Å². The molecule has 0 radical (unpaired) electrons. The second-order valence-corrected chi connectivity index (χ2v) is 16.0. The van der Waals surface area contributed by atoms with Crippen molar-refractivity contribution in [3.8, 4) is 11.5 Å². The van der Waals surface area contributed by atoms with Crippen molar-refractivity contribution in [3.63, 3.8) is 0 Å². The number of nitrogens with one attached hydrogen (secondary N) is 2. The van der Waals surface area contributed by atoms with Gasteiger partial charge in [-0.2, -0.15) is 8.42 Å². The highest BCUT2D eigenvalue weighted by Crippen LogP contribution is 2.58. The number of methoxy groups -OCH3 is 2. The lowest BCUT2D eigenvalue weighted by Crippen LogP contribution is -2.67. The van der Waals surface area contributed by atoms with Crippen LogP contribution in [0.3, 0.4) is 0 Å². The molecule has 5 aliphatic rings. The monoisotopic (exact) mass is 650 g/mol. The van der Waals surface area contributed by atoms with Crippen molar-refractivity contribution in [1.82, 2.24) is 9.62 Å². The van der Waals surface area contributed by atoms with Gasteiger partial charge in [0.25, 0.3) is 15.9 Å². The number of ether oxygens (including phenoxy) is 2. The number of carbonyl (C=O) groups excluding carboxylic acids is 1. The van der Waals surface area contributed by atoms with Gasteiger partial charge in [-0.15, -0.1) is 15.7 Å². The van der Waals surface area contributed by atoms with E-state index in [1.807, 2.05) is 13.0 Å². The van der Waals surface area contributed by atoms with Crippen LogP contribution < -0.4 is 19.5 Å². The minimum Gasteiger partial charge on any atom is -0.511 e. The zero-order valence-corrected chi connectivity index (χ0v) is 26.7. The predicted octanol–water partition coefficient (Wildman–Crippen LogP) is 3.38. The number of nitrogens with zero attached hydrogens (tertiary/aromatic N) is 2. The van der Waals surface area contributed by atoms with Gasteiger partial charge in [-0.05, 0) is 62.0 Å². The number of aliphatic hydroxyl groups is 1. The first kappa shape index (κ1) is 29.9. The van der Waals surface area contributed by atoms with Crippen LogP contribution >= 0.6 is 11.3 Å². The summed E-state index contributed by atoms with van der Waals surface area (Å²) in [6.45, 7) is 1.97. The average Bonchev–Trinajstić information content (AvgIpc) is 3.38. The highest BCUT2D eigenvalue weighted by molar-refractivity contribution is 7.91. The molecule has 0 saturated heterocycles. The number of sulfonamides is 2. The third-order valence-corrected chi connectivity index (χ3v) is 12.5. The van der Waals surface area contributed by atoms with Gasteiger partial charge in [-0.25, -0.2) is 13.1 Å². The Kier molecular flexibility index (Phi) is 7.30. The van der Waals surface area contributed by atoms with E-state index in [0.717, 1.165) is 48.8 Å². The van der Waals surface area contributed by atoms with E-state index in [9.17, 15) is 26.7 Å². The Hall–Kier alpha value is -3.14. The van der Waals surface area contributed by atoms with Crippen molar-refractivity contribution in [2.75, 3.05) is 25.8 Å². The summed E-state index contributed by atoms with van der Waals surface area (Å²) in [5.74, 6) is 0.111. The van der Waals surface area contributed by atoms with E-state index in [4.69, 9.17) is 9.47 Å². The molecule has 1 amide bonds. The van der Waals surface area contributed by atoms with E-state index in [0.29, 0.717) is 11.5 Å². The van der Waals surface area contributed by atoms with Crippen LogP contribution in [-0.2, 0) is 37.9 Å². The normalized spacial score (nSPS) is 27.7. The lowest BCUT2D eigenvalue weighted by molar-refractivity contribution is -0.155. The minimum absolute atomic E-state index is 0.116. The van der Waals surface area contributed by atoms with Crippen molar-refractivity contribution in [2.24, 2.45) is 22.2 Å². The number of carbonyl (C=O) groups is 1. The van der Waals surface area contributed by atoms with Gasteiger partial charge >= 0.3 is 0 Å². The Bertz CT molecular complexity index is 1770. The standard InChI is InChI=1S/C28H34N4O8S3/c1-28-18-8-5-15(6-9-18)22(28)23(33)21(27(34)32(28)13-16-7-10-19(39-2)11-20(16)40-3)25-30-26-24(43(37,38)31-25)17(14-41-26)12-29-42(4,35)36/h7,10-11,14-15,18,22,29,33H,5-6,8-9,12-13H2,1-4H3,(H,30,31)/t15?,18?,22-,28-/m0/s1. The number of hydrogen-bond acceptors (Lipinski definition) is 10. The highest BCUT2D eigenvalue weighted by Gasteiger charge is 2.61. The SMILES string of the molecule is COc1ccc(CN2C(=O)C(C3=NS(=O)(=O)c4c(CNS(C)(=O)=O)csc4N3)=C(O)[C@@H]3C4CCC(CC4)[C@@]32C)c(OC)c1. The van der Waals surface area contributed by atoms with E-state index in [2.05, 4.69) is 14.4 Å². The highest BCUT2D eigenvalue weighted by atomic mass is 32.2. The summed E-state index contributed by atoms with van der Waals surface area (Å²) < 4.78 is 67.5. The molecular formula is C28H34N4O8S3. The molecule has 3 aliphatic carbocycles. The van der Waals surface area contributed by atoms with Crippen LogP contribution in [0.4, 0.5) is 5.00 Å². The third-order valence-electron chi connectivity index (χ3n) is 9.39. The number of benzene rings is 1. The number of hydrogen-bond donors (Lipinski definition) is 3. The zero-order chi connectivity index (χ0) is 30.9. The first-order valence-corrected chi connectivity index (χ1v) is 18.1. The molecular weight excluding hydrogens is 617 g/mol. The molecule has 2 aliphatic heterocycles. The summed E-state index contributed by atoms with van der Waals surface area (Å²) in [5.41, 5.74) is 0.109. The molecule has 3 saturated carbocycles. The van der Waals surface area contributed by atoms with Gasteiger partial charge < -0.3 is 24.8 Å². The topological polar surface area (TPSA) is 164 Å². The van der Waals surface area contributed by atoms with E-state index < -0.39 is 37.4 Å². The number of anilines is 1. The van der Waals surface area contributed by atoms with Gasteiger partial charge in [0.2, 0.25) is 10.0 Å². The Labute approximate surface area is 254 Å². The number of aliphatic hydroxyl groups excluding tert-OH is 1. The molecule has 2 bridgehead atoms. The summed E-state index contributed by atoms with van der Waals surface area (Å²) in [4.78, 5) is 16.1. The second kappa shape index (κ2) is 10.5. The van der Waals surface area contributed by atoms with Crippen molar-refractivity contribution < 1.29 is 36.2 Å². The zero-order valence-electron chi connectivity index (χ0n) is 24.2. The molecule has 7 rings (SSSR count). The molecule has 43 heavy (non-hydrogen) atoms. The maximum absolute atomic E-state index is 14.5.